The molecular formula is C27H28FN5O2. The number of hydrogen-bond donors (Lipinski definition) is 2. The number of likely N-dealkylation sites (tertiary alicyclic amines) is 1. The van der Waals surface area contributed by atoms with E-state index in [1.807, 2.05) is 48.5 Å². The van der Waals surface area contributed by atoms with Crippen LogP contribution in [0.15, 0.2) is 79.0 Å². The highest BCUT2D eigenvalue weighted by atomic mass is 19.1. The van der Waals surface area contributed by atoms with E-state index in [4.69, 9.17) is 4.74 Å². The number of anilines is 1. The molecule has 0 saturated carbocycles. The van der Waals surface area contributed by atoms with Crippen LogP contribution in [-0.4, -0.2) is 59.7 Å². The first-order valence-electron chi connectivity index (χ1n) is 11.7. The summed E-state index contributed by atoms with van der Waals surface area (Å²) in [5.41, 5.74) is 2.65. The lowest BCUT2D eigenvalue weighted by Crippen LogP contribution is -2.42. The lowest BCUT2D eigenvalue weighted by atomic mass is 9.94. The molecule has 2 aromatic carbocycles. The smallest absolute Gasteiger partial charge is 0.320 e. The van der Waals surface area contributed by atoms with Gasteiger partial charge in [-0.1, -0.05) is 60.7 Å². The van der Waals surface area contributed by atoms with Crippen molar-refractivity contribution in [3.05, 3.63) is 90.4 Å². The first-order valence-corrected chi connectivity index (χ1v) is 11.7. The molecule has 180 valence electrons. The molecule has 4 aromatic rings. The van der Waals surface area contributed by atoms with Gasteiger partial charge in [-0.25, -0.2) is 14.2 Å². The number of amides is 2. The van der Waals surface area contributed by atoms with Crippen molar-refractivity contribution < 1.29 is 13.9 Å². The molecule has 1 aliphatic heterocycles. The molecule has 2 atom stereocenters. The third-order valence-corrected chi connectivity index (χ3v) is 6.43. The maximum absolute atomic E-state index is 14.5. The third-order valence-electron chi connectivity index (χ3n) is 6.43. The first-order chi connectivity index (χ1) is 17.1. The zero-order valence-electron chi connectivity index (χ0n) is 19.5. The van der Waals surface area contributed by atoms with E-state index >= 15 is 0 Å². The van der Waals surface area contributed by atoms with Crippen molar-refractivity contribution in [2.24, 2.45) is 0 Å². The Hall–Kier alpha value is -3.75. The number of fused-ring (bicyclic) bond motifs is 1. The minimum absolute atomic E-state index is 0.0923. The minimum atomic E-state index is -0.452. The van der Waals surface area contributed by atoms with Crippen molar-refractivity contribution in [1.29, 1.82) is 0 Å². The fraction of sp³-hybridized carbons (Fsp3) is 0.259. The molecule has 0 unspecified atom stereocenters. The first kappa shape index (κ1) is 23.0. The Bertz CT molecular complexity index is 1300. The van der Waals surface area contributed by atoms with Gasteiger partial charge in [0.15, 0.2) is 11.5 Å². The number of halogens is 1. The van der Waals surface area contributed by atoms with Crippen LogP contribution in [0.25, 0.3) is 16.9 Å². The Morgan fingerprint density at radius 2 is 1.80 bits per heavy atom. The standard InChI is InChI=1S/C27H28FN5O2/c1-35-16-15-32-17-21(19-9-4-2-5-10-19)23(18-32)29-27(34)31-26-24(20-11-6-3-7-12-20)30-25-22(28)13-8-14-33(25)26/h2-14,21,23H,15-18H2,1H3,(H2,29,31,34)/t21-,23+/m0/s1. The van der Waals surface area contributed by atoms with Gasteiger partial charge in [0.2, 0.25) is 0 Å². The van der Waals surface area contributed by atoms with Crippen LogP contribution >= 0.6 is 0 Å². The number of hydrogen-bond acceptors (Lipinski definition) is 4. The predicted octanol–water partition coefficient (Wildman–Crippen LogP) is 4.38. The van der Waals surface area contributed by atoms with Gasteiger partial charge in [-0.3, -0.25) is 14.6 Å². The Morgan fingerprint density at radius 3 is 2.54 bits per heavy atom. The molecule has 3 heterocycles. The molecule has 0 spiro atoms. The summed E-state index contributed by atoms with van der Waals surface area (Å²) in [4.78, 5) is 20.1. The van der Waals surface area contributed by atoms with Crippen molar-refractivity contribution in [1.82, 2.24) is 19.6 Å². The van der Waals surface area contributed by atoms with Gasteiger partial charge in [0.05, 0.1) is 12.6 Å². The Kier molecular flexibility index (Phi) is 6.74. The fourth-order valence-electron chi connectivity index (χ4n) is 4.74. The highest BCUT2D eigenvalue weighted by Gasteiger charge is 2.35. The predicted molar refractivity (Wildman–Crippen MR) is 134 cm³/mol. The highest BCUT2D eigenvalue weighted by Crippen LogP contribution is 2.31. The van der Waals surface area contributed by atoms with E-state index in [1.54, 1.807) is 23.8 Å². The molecule has 0 bridgehead atoms. The van der Waals surface area contributed by atoms with Crippen LogP contribution in [0.2, 0.25) is 0 Å². The second-order valence-electron chi connectivity index (χ2n) is 8.70. The number of benzene rings is 2. The van der Waals surface area contributed by atoms with Crippen LogP contribution in [0.4, 0.5) is 15.0 Å². The van der Waals surface area contributed by atoms with Crippen molar-refractivity contribution in [3.8, 4) is 11.3 Å². The van der Waals surface area contributed by atoms with Gasteiger partial charge < -0.3 is 10.1 Å². The number of nitrogens with one attached hydrogen (secondary N) is 2. The maximum Gasteiger partial charge on any atom is 0.320 e. The molecule has 2 amide bonds. The van der Waals surface area contributed by atoms with Crippen LogP contribution in [0.3, 0.4) is 0 Å². The summed E-state index contributed by atoms with van der Waals surface area (Å²) in [5, 5.41) is 6.12. The average molecular weight is 474 g/mol. The van der Waals surface area contributed by atoms with Gasteiger partial charge in [-0.05, 0) is 17.7 Å². The molecule has 1 fully saturated rings. The monoisotopic (exact) mass is 473 g/mol. The number of pyridine rings is 1. The molecule has 0 radical (unpaired) electrons. The number of methoxy groups -OCH3 is 1. The van der Waals surface area contributed by atoms with Gasteiger partial charge in [0.1, 0.15) is 11.5 Å². The average Bonchev–Trinajstić information content (AvgIpc) is 3.46. The van der Waals surface area contributed by atoms with Gasteiger partial charge in [-0.2, -0.15) is 0 Å². The summed E-state index contributed by atoms with van der Waals surface area (Å²) < 4.78 is 21.3. The molecule has 1 saturated heterocycles. The van der Waals surface area contributed by atoms with E-state index < -0.39 is 5.82 Å². The third kappa shape index (κ3) is 4.89. The molecule has 35 heavy (non-hydrogen) atoms. The zero-order chi connectivity index (χ0) is 24.2. The van der Waals surface area contributed by atoms with Crippen LogP contribution in [0.5, 0.6) is 0 Å². The second-order valence-corrected chi connectivity index (χ2v) is 8.70. The van der Waals surface area contributed by atoms with Gasteiger partial charge in [-0.15, -0.1) is 0 Å². The van der Waals surface area contributed by atoms with E-state index in [2.05, 4.69) is 32.7 Å². The van der Waals surface area contributed by atoms with Crippen LogP contribution < -0.4 is 10.6 Å². The normalized spacial score (nSPS) is 18.1. The van der Waals surface area contributed by atoms with Crippen LogP contribution in [0, 0.1) is 5.82 Å². The quantitative estimate of drug-likeness (QED) is 0.418. The number of ether oxygens (including phenoxy) is 1. The van der Waals surface area contributed by atoms with Gasteiger partial charge in [0, 0.05) is 44.4 Å². The number of carbonyl (C=O) groups is 1. The van der Waals surface area contributed by atoms with E-state index in [9.17, 15) is 9.18 Å². The lowest BCUT2D eigenvalue weighted by molar-refractivity contribution is 0.159. The summed E-state index contributed by atoms with van der Waals surface area (Å²) in [6.45, 7) is 2.97. The lowest BCUT2D eigenvalue weighted by Gasteiger charge is -2.21. The highest BCUT2D eigenvalue weighted by molar-refractivity contribution is 5.93. The van der Waals surface area contributed by atoms with Crippen LogP contribution in [0.1, 0.15) is 11.5 Å². The van der Waals surface area contributed by atoms with E-state index in [0.29, 0.717) is 24.7 Å². The molecule has 7 nitrogen and oxygen atoms in total. The molecule has 1 aliphatic rings. The SMILES string of the molecule is COCCN1C[C@@H](NC(=O)Nc2c(-c3ccccc3)nc3c(F)cccn23)[C@H](c2ccccc2)C1. The zero-order valence-corrected chi connectivity index (χ0v) is 19.5. The maximum atomic E-state index is 14.5. The van der Waals surface area contributed by atoms with Gasteiger partial charge >= 0.3 is 6.03 Å². The summed E-state index contributed by atoms with van der Waals surface area (Å²) in [6, 6.07) is 22.2. The molecule has 8 heteroatoms. The number of urea groups is 1. The summed E-state index contributed by atoms with van der Waals surface area (Å²) in [5.74, 6) is 0.118. The molecule has 0 aliphatic carbocycles. The molecule has 2 N–H and O–H groups in total. The molecule has 5 rings (SSSR count). The fourth-order valence-corrected chi connectivity index (χ4v) is 4.74. The van der Waals surface area contributed by atoms with Crippen molar-refractivity contribution in [3.63, 3.8) is 0 Å². The number of rotatable bonds is 7. The second kappa shape index (κ2) is 10.2. The summed E-state index contributed by atoms with van der Waals surface area (Å²) in [6.07, 6.45) is 1.70. The number of imidazole rings is 1. The number of carbonyl (C=O) groups excluding carboxylic acids is 1. The van der Waals surface area contributed by atoms with Crippen molar-refractivity contribution in [2.75, 3.05) is 38.7 Å². The summed E-state index contributed by atoms with van der Waals surface area (Å²) >= 11 is 0. The summed E-state index contributed by atoms with van der Waals surface area (Å²) in [7, 11) is 1.69. The van der Waals surface area contributed by atoms with Gasteiger partial charge in [0.25, 0.3) is 0 Å². The van der Waals surface area contributed by atoms with E-state index in [1.165, 1.54) is 11.6 Å². The number of nitrogens with zero attached hydrogens (tertiary/aromatic N) is 3. The Labute approximate surface area is 203 Å². The molecule has 2 aromatic heterocycles. The topological polar surface area (TPSA) is 70.9 Å². The largest absolute Gasteiger partial charge is 0.383 e. The van der Waals surface area contributed by atoms with E-state index in [0.717, 1.165) is 18.7 Å². The minimum Gasteiger partial charge on any atom is -0.383 e. The number of aromatic nitrogens is 2. The Morgan fingerprint density at radius 1 is 1.06 bits per heavy atom. The van der Waals surface area contributed by atoms with Crippen molar-refractivity contribution in [2.45, 2.75) is 12.0 Å². The van der Waals surface area contributed by atoms with Crippen LogP contribution in [-0.2, 0) is 4.74 Å². The Balaban J connectivity index is 1.41. The van der Waals surface area contributed by atoms with Crippen molar-refractivity contribution >= 4 is 17.5 Å². The van der Waals surface area contributed by atoms with E-state index in [-0.39, 0.29) is 23.6 Å². The molecular weight excluding hydrogens is 445 g/mol.